The Morgan fingerprint density at radius 1 is 1.15 bits per heavy atom. The van der Waals surface area contributed by atoms with E-state index in [1.807, 2.05) is 42.5 Å². The molecule has 0 N–H and O–H groups in total. The van der Waals surface area contributed by atoms with Gasteiger partial charge in [0.1, 0.15) is 5.92 Å². The maximum absolute atomic E-state index is 13.1. The summed E-state index contributed by atoms with van der Waals surface area (Å²) in [5.41, 5.74) is 2.68. The molecule has 2 aromatic rings. The summed E-state index contributed by atoms with van der Waals surface area (Å²) in [5, 5.41) is 0. The molecule has 2 aromatic carbocycles. The summed E-state index contributed by atoms with van der Waals surface area (Å²) in [7, 11) is 3.00. The highest BCUT2D eigenvalue weighted by atomic mass is 16.7. The van der Waals surface area contributed by atoms with E-state index in [2.05, 4.69) is 0 Å². The molecule has 4 rings (SSSR count). The third-order valence-electron chi connectivity index (χ3n) is 5.07. The number of benzene rings is 2. The van der Waals surface area contributed by atoms with Gasteiger partial charge in [0.05, 0.1) is 7.11 Å². The van der Waals surface area contributed by atoms with Gasteiger partial charge in [0.2, 0.25) is 12.7 Å². The van der Waals surface area contributed by atoms with Gasteiger partial charge in [0.15, 0.2) is 11.5 Å². The van der Waals surface area contributed by atoms with Gasteiger partial charge in [-0.2, -0.15) is 0 Å². The molecule has 0 aliphatic carbocycles. The Hall–Kier alpha value is -3.02. The van der Waals surface area contributed by atoms with E-state index < -0.39 is 11.9 Å². The third kappa shape index (κ3) is 2.58. The zero-order chi connectivity index (χ0) is 18.3. The van der Waals surface area contributed by atoms with E-state index in [1.165, 1.54) is 7.11 Å². The first-order chi connectivity index (χ1) is 12.6. The molecule has 6 heteroatoms. The minimum Gasteiger partial charge on any atom is -0.468 e. The average molecular weight is 353 g/mol. The Morgan fingerprint density at radius 2 is 1.92 bits per heavy atom. The number of ether oxygens (including phenoxy) is 3. The van der Waals surface area contributed by atoms with Crippen LogP contribution in [0.3, 0.4) is 0 Å². The fourth-order valence-corrected chi connectivity index (χ4v) is 3.71. The fourth-order valence-electron chi connectivity index (χ4n) is 3.71. The molecule has 2 heterocycles. The normalized spacial score (nSPS) is 21.2. The van der Waals surface area contributed by atoms with E-state index in [4.69, 9.17) is 14.2 Å². The van der Waals surface area contributed by atoms with E-state index in [-0.39, 0.29) is 18.6 Å². The molecular formula is C20H19NO5. The van der Waals surface area contributed by atoms with Crippen LogP contribution in [0.25, 0.3) is 0 Å². The Bertz CT molecular complexity index is 878. The number of anilines is 1. The van der Waals surface area contributed by atoms with E-state index >= 15 is 0 Å². The summed E-state index contributed by atoms with van der Waals surface area (Å²) < 4.78 is 15.8. The smallest absolute Gasteiger partial charge is 0.318 e. The van der Waals surface area contributed by atoms with Crippen LogP contribution in [0.5, 0.6) is 11.5 Å². The fraction of sp³-hybridized carbons (Fsp3) is 0.300. The molecular weight excluding hydrogens is 334 g/mol. The van der Waals surface area contributed by atoms with Gasteiger partial charge in [0, 0.05) is 18.7 Å². The number of rotatable bonds is 2. The van der Waals surface area contributed by atoms with Crippen LogP contribution in [0.2, 0.25) is 0 Å². The van der Waals surface area contributed by atoms with Crippen LogP contribution in [0.1, 0.15) is 17.0 Å². The molecule has 2 atom stereocenters. The summed E-state index contributed by atoms with van der Waals surface area (Å²) in [4.78, 5) is 27.2. The number of amides is 1. The minimum absolute atomic E-state index is 0.175. The number of para-hydroxylation sites is 1. The molecule has 2 aliphatic heterocycles. The topological polar surface area (TPSA) is 65.1 Å². The van der Waals surface area contributed by atoms with Crippen LogP contribution in [-0.2, 0) is 20.7 Å². The Kier molecular flexibility index (Phi) is 4.03. The van der Waals surface area contributed by atoms with Crippen LogP contribution in [0.15, 0.2) is 42.5 Å². The van der Waals surface area contributed by atoms with Crippen molar-refractivity contribution in [2.75, 3.05) is 25.9 Å². The van der Waals surface area contributed by atoms with Crippen LogP contribution in [0.4, 0.5) is 5.69 Å². The van der Waals surface area contributed by atoms with Gasteiger partial charge < -0.3 is 19.1 Å². The average Bonchev–Trinajstić information content (AvgIpc) is 3.10. The third-order valence-corrected chi connectivity index (χ3v) is 5.07. The number of fused-ring (bicyclic) bond motifs is 2. The van der Waals surface area contributed by atoms with Crippen LogP contribution in [-0.4, -0.2) is 32.8 Å². The molecule has 6 nitrogen and oxygen atoms in total. The molecule has 0 radical (unpaired) electrons. The van der Waals surface area contributed by atoms with Crippen molar-refractivity contribution in [1.82, 2.24) is 0 Å². The standard InChI is InChI=1S/C20H19NO5/c1-21-15-6-4-3-5-13(15)9-14(18(19(21)22)20(23)24-2)12-7-8-16-17(10-12)26-11-25-16/h3-8,10,14,18H,9,11H2,1-2H3. The van der Waals surface area contributed by atoms with Gasteiger partial charge in [-0.3, -0.25) is 9.59 Å². The van der Waals surface area contributed by atoms with Crippen molar-refractivity contribution in [2.24, 2.45) is 5.92 Å². The van der Waals surface area contributed by atoms with Crippen molar-refractivity contribution in [3.05, 3.63) is 53.6 Å². The molecule has 0 spiro atoms. The van der Waals surface area contributed by atoms with Gasteiger partial charge in [-0.25, -0.2) is 0 Å². The molecule has 2 aliphatic rings. The number of esters is 1. The molecule has 0 saturated carbocycles. The van der Waals surface area contributed by atoms with Crippen LogP contribution >= 0.6 is 0 Å². The highest BCUT2D eigenvalue weighted by Gasteiger charge is 2.42. The van der Waals surface area contributed by atoms with Crippen molar-refractivity contribution in [2.45, 2.75) is 12.3 Å². The zero-order valence-corrected chi connectivity index (χ0v) is 14.6. The molecule has 0 bridgehead atoms. The Morgan fingerprint density at radius 3 is 2.73 bits per heavy atom. The van der Waals surface area contributed by atoms with Crippen LogP contribution < -0.4 is 14.4 Å². The first-order valence-corrected chi connectivity index (χ1v) is 8.43. The summed E-state index contributed by atoms with van der Waals surface area (Å²) in [6.45, 7) is 0.175. The molecule has 0 aromatic heterocycles. The highest BCUT2D eigenvalue weighted by Crippen LogP contribution is 2.41. The summed E-state index contributed by atoms with van der Waals surface area (Å²) in [6.07, 6.45) is 0.547. The molecule has 2 unspecified atom stereocenters. The summed E-state index contributed by atoms with van der Waals surface area (Å²) in [6, 6.07) is 13.3. The molecule has 26 heavy (non-hydrogen) atoms. The maximum atomic E-state index is 13.1. The number of carbonyl (C=O) groups is 2. The van der Waals surface area contributed by atoms with Gasteiger partial charge in [-0.05, 0) is 35.7 Å². The Labute approximate surface area is 151 Å². The lowest BCUT2D eigenvalue weighted by atomic mass is 9.81. The van der Waals surface area contributed by atoms with Crippen molar-refractivity contribution in [3.8, 4) is 11.5 Å². The molecule has 134 valence electrons. The molecule has 0 fully saturated rings. The number of nitrogens with zero attached hydrogens (tertiary/aromatic N) is 1. The quantitative estimate of drug-likeness (QED) is 0.613. The minimum atomic E-state index is -0.919. The van der Waals surface area contributed by atoms with Gasteiger partial charge in [-0.15, -0.1) is 0 Å². The lowest BCUT2D eigenvalue weighted by molar-refractivity contribution is -0.150. The maximum Gasteiger partial charge on any atom is 0.318 e. The van der Waals surface area contributed by atoms with Gasteiger partial charge in [0.25, 0.3) is 0 Å². The number of methoxy groups -OCH3 is 1. The Balaban J connectivity index is 1.83. The highest BCUT2D eigenvalue weighted by molar-refractivity contribution is 6.07. The number of carbonyl (C=O) groups excluding carboxylic acids is 2. The first-order valence-electron chi connectivity index (χ1n) is 8.43. The SMILES string of the molecule is COC(=O)C1C(=O)N(C)c2ccccc2CC1c1ccc2c(c1)OCO2. The lowest BCUT2D eigenvalue weighted by Gasteiger charge is -2.24. The van der Waals surface area contributed by atoms with Crippen molar-refractivity contribution in [1.29, 1.82) is 0 Å². The van der Waals surface area contributed by atoms with E-state index in [9.17, 15) is 9.59 Å². The lowest BCUT2D eigenvalue weighted by Crippen LogP contribution is -2.39. The second-order valence-corrected chi connectivity index (χ2v) is 6.45. The second-order valence-electron chi connectivity index (χ2n) is 6.45. The number of hydrogen-bond donors (Lipinski definition) is 0. The number of hydrogen-bond acceptors (Lipinski definition) is 5. The first kappa shape index (κ1) is 16.4. The van der Waals surface area contributed by atoms with E-state index in [1.54, 1.807) is 11.9 Å². The summed E-state index contributed by atoms with van der Waals surface area (Å²) in [5.74, 6) is -0.777. The largest absolute Gasteiger partial charge is 0.468 e. The predicted octanol–water partition coefficient (Wildman–Crippen LogP) is 2.51. The van der Waals surface area contributed by atoms with Crippen molar-refractivity contribution in [3.63, 3.8) is 0 Å². The van der Waals surface area contributed by atoms with Crippen molar-refractivity contribution >= 4 is 17.6 Å². The van der Waals surface area contributed by atoms with Gasteiger partial charge >= 0.3 is 5.97 Å². The molecule has 0 saturated heterocycles. The monoisotopic (exact) mass is 353 g/mol. The van der Waals surface area contributed by atoms with Crippen molar-refractivity contribution < 1.29 is 23.8 Å². The van der Waals surface area contributed by atoms with E-state index in [0.717, 1.165) is 16.8 Å². The predicted molar refractivity (Wildman–Crippen MR) is 94.4 cm³/mol. The van der Waals surface area contributed by atoms with E-state index in [0.29, 0.717) is 17.9 Å². The zero-order valence-electron chi connectivity index (χ0n) is 14.6. The second kappa shape index (κ2) is 6.37. The molecule has 1 amide bonds. The van der Waals surface area contributed by atoms with Crippen LogP contribution in [0, 0.1) is 5.92 Å². The summed E-state index contributed by atoms with van der Waals surface area (Å²) >= 11 is 0. The van der Waals surface area contributed by atoms with Gasteiger partial charge in [-0.1, -0.05) is 24.3 Å².